The van der Waals surface area contributed by atoms with E-state index in [0.29, 0.717) is 18.9 Å². The maximum absolute atomic E-state index is 11.3. The van der Waals surface area contributed by atoms with E-state index in [1.807, 2.05) is 6.92 Å². The molecule has 0 amide bonds. The molecular weight excluding hydrogens is 238 g/mol. The van der Waals surface area contributed by atoms with Crippen LogP contribution in [0.1, 0.15) is 44.6 Å². The number of anilines is 1. The summed E-state index contributed by atoms with van der Waals surface area (Å²) in [5.41, 5.74) is 2.77. The third kappa shape index (κ3) is 3.49. The fraction of sp³-hybridized carbons (Fsp3) is 0.562. The lowest BCUT2D eigenvalue weighted by Gasteiger charge is -2.34. The van der Waals surface area contributed by atoms with Gasteiger partial charge >= 0.3 is 5.97 Å². The SMILES string of the molecule is CCOC(=O)CCCN1CCC(C)c2ccccc21. The number of fused-ring (bicyclic) bond motifs is 1. The molecule has 0 spiro atoms. The average molecular weight is 261 g/mol. The minimum Gasteiger partial charge on any atom is -0.466 e. The van der Waals surface area contributed by atoms with E-state index in [4.69, 9.17) is 4.74 Å². The maximum atomic E-state index is 11.3. The Morgan fingerprint density at radius 1 is 1.42 bits per heavy atom. The van der Waals surface area contributed by atoms with Crippen LogP contribution in [0.25, 0.3) is 0 Å². The van der Waals surface area contributed by atoms with Gasteiger partial charge in [-0.25, -0.2) is 0 Å². The molecule has 1 atom stereocenters. The van der Waals surface area contributed by atoms with Crippen LogP contribution in [-0.2, 0) is 9.53 Å². The topological polar surface area (TPSA) is 29.5 Å². The summed E-state index contributed by atoms with van der Waals surface area (Å²) in [7, 11) is 0. The van der Waals surface area contributed by atoms with Gasteiger partial charge in [-0.2, -0.15) is 0 Å². The molecule has 0 N–H and O–H groups in total. The molecule has 104 valence electrons. The van der Waals surface area contributed by atoms with Crippen molar-refractivity contribution in [2.24, 2.45) is 0 Å². The molecule has 2 rings (SSSR count). The Morgan fingerprint density at radius 2 is 2.21 bits per heavy atom. The van der Waals surface area contributed by atoms with Gasteiger partial charge in [0.05, 0.1) is 6.61 Å². The summed E-state index contributed by atoms with van der Waals surface area (Å²) >= 11 is 0. The van der Waals surface area contributed by atoms with Crippen LogP contribution < -0.4 is 4.90 Å². The monoisotopic (exact) mass is 261 g/mol. The molecule has 0 aromatic heterocycles. The number of carbonyl (C=O) groups is 1. The van der Waals surface area contributed by atoms with Gasteiger partial charge in [-0.15, -0.1) is 0 Å². The van der Waals surface area contributed by atoms with Crippen LogP contribution in [0.5, 0.6) is 0 Å². The zero-order chi connectivity index (χ0) is 13.7. The highest BCUT2D eigenvalue weighted by molar-refractivity contribution is 5.69. The number of hydrogen-bond acceptors (Lipinski definition) is 3. The van der Waals surface area contributed by atoms with Crippen LogP contribution in [0, 0.1) is 0 Å². The van der Waals surface area contributed by atoms with Crippen molar-refractivity contribution >= 4 is 11.7 Å². The first-order valence-corrected chi connectivity index (χ1v) is 7.22. The van der Waals surface area contributed by atoms with Gasteiger partial charge in [0.15, 0.2) is 0 Å². The number of para-hydroxylation sites is 1. The zero-order valence-electron chi connectivity index (χ0n) is 11.9. The summed E-state index contributed by atoms with van der Waals surface area (Å²) < 4.78 is 4.96. The molecule has 0 saturated carbocycles. The van der Waals surface area contributed by atoms with Gasteiger partial charge in [0.2, 0.25) is 0 Å². The number of nitrogens with zero attached hydrogens (tertiary/aromatic N) is 1. The van der Waals surface area contributed by atoms with Gasteiger partial charge in [-0.05, 0) is 37.3 Å². The minimum absolute atomic E-state index is 0.0823. The Morgan fingerprint density at radius 3 is 3.00 bits per heavy atom. The van der Waals surface area contributed by atoms with Crippen molar-refractivity contribution in [1.29, 1.82) is 0 Å². The molecule has 1 aromatic rings. The lowest BCUT2D eigenvalue weighted by molar-refractivity contribution is -0.143. The van der Waals surface area contributed by atoms with Gasteiger partial charge in [0.1, 0.15) is 0 Å². The maximum Gasteiger partial charge on any atom is 0.305 e. The standard InChI is InChI=1S/C16H23NO2/c1-3-19-16(18)9-6-11-17-12-10-13(2)14-7-4-5-8-15(14)17/h4-5,7-8,13H,3,6,9-12H2,1-2H3. The Kier molecular flexibility index (Phi) is 4.83. The van der Waals surface area contributed by atoms with Crippen molar-refractivity contribution in [3.8, 4) is 0 Å². The van der Waals surface area contributed by atoms with Gasteiger partial charge in [0, 0.05) is 25.2 Å². The van der Waals surface area contributed by atoms with Gasteiger partial charge in [-0.3, -0.25) is 4.79 Å². The second-order valence-electron chi connectivity index (χ2n) is 5.14. The average Bonchev–Trinajstić information content (AvgIpc) is 2.42. The van der Waals surface area contributed by atoms with Crippen LogP contribution in [0.3, 0.4) is 0 Å². The molecule has 1 heterocycles. The highest BCUT2D eigenvalue weighted by Gasteiger charge is 2.21. The molecule has 3 nitrogen and oxygen atoms in total. The van der Waals surface area contributed by atoms with E-state index in [1.54, 1.807) is 0 Å². The second kappa shape index (κ2) is 6.60. The Hall–Kier alpha value is -1.51. The number of benzene rings is 1. The first kappa shape index (κ1) is 13.9. The first-order valence-electron chi connectivity index (χ1n) is 7.22. The summed E-state index contributed by atoms with van der Waals surface area (Å²) in [5.74, 6) is 0.554. The van der Waals surface area contributed by atoms with Gasteiger partial charge in [-0.1, -0.05) is 25.1 Å². The lowest BCUT2D eigenvalue weighted by Crippen LogP contribution is -2.31. The van der Waals surface area contributed by atoms with E-state index in [2.05, 4.69) is 36.1 Å². The third-order valence-electron chi connectivity index (χ3n) is 3.75. The molecule has 19 heavy (non-hydrogen) atoms. The van der Waals surface area contributed by atoms with E-state index >= 15 is 0 Å². The van der Waals surface area contributed by atoms with Crippen LogP contribution >= 0.6 is 0 Å². The smallest absolute Gasteiger partial charge is 0.305 e. The van der Waals surface area contributed by atoms with Gasteiger partial charge < -0.3 is 9.64 Å². The van der Waals surface area contributed by atoms with Crippen molar-refractivity contribution in [2.45, 2.75) is 39.0 Å². The summed E-state index contributed by atoms with van der Waals surface area (Å²) in [5, 5.41) is 0. The minimum atomic E-state index is -0.0823. The first-order chi connectivity index (χ1) is 9.22. The molecule has 0 radical (unpaired) electrons. The quantitative estimate of drug-likeness (QED) is 0.761. The largest absolute Gasteiger partial charge is 0.466 e. The number of rotatable bonds is 5. The van der Waals surface area contributed by atoms with Crippen molar-refractivity contribution in [1.82, 2.24) is 0 Å². The molecule has 3 heteroatoms. The molecule has 0 fully saturated rings. The molecule has 1 aromatic carbocycles. The molecule has 0 saturated heterocycles. The lowest BCUT2D eigenvalue weighted by atomic mass is 9.91. The summed E-state index contributed by atoms with van der Waals surface area (Å²) in [4.78, 5) is 13.7. The Labute approximate surface area is 115 Å². The molecular formula is C16H23NO2. The van der Waals surface area contributed by atoms with E-state index in [-0.39, 0.29) is 5.97 Å². The predicted molar refractivity (Wildman–Crippen MR) is 77.6 cm³/mol. The van der Waals surface area contributed by atoms with Crippen molar-refractivity contribution in [2.75, 3.05) is 24.6 Å². The van der Waals surface area contributed by atoms with Crippen LogP contribution in [0.15, 0.2) is 24.3 Å². The number of carbonyl (C=O) groups excluding carboxylic acids is 1. The fourth-order valence-electron chi connectivity index (χ4n) is 2.70. The third-order valence-corrected chi connectivity index (χ3v) is 3.75. The van der Waals surface area contributed by atoms with E-state index in [1.165, 1.54) is 17.7 Å². The summed E-state index contributed by atoms with van der Waals surface area (Å²) in [6.45, 7) is 6.63. The predicted octanol–water partition coefficient (Wildman–Crippen LogP) is 3.34. The summed E-state index contributed by atoms with van der Waals surface area (Å²) in [6.07, 6.45) is 2.57. The number of esters is 1. The fourth-order valence-corrected chi connectivity index (χ4v) is 2.70. The Bertz CT molecular complexity index is 431. The number of ether oxygens (including phenoxy) is 1. The van der Waals surface area contributed by atoms with Crippen molar-refractivity contribution < 1.29 is 9.53 Å². The van der Waals surface area contributed by atoms with Crippen molar-refractivity contribution in [3.05, 3.63) is 29.8 Å². The molecule has 1 aliphatic heterocycles. The van der Waals surface area contributed by atoms with E-state index in [9.17, 15) is 4.79 Å². The second-order valence-corrected chi connectivity index (χ2v) is 5.14. The van der Waals surface area contributed by atoms with E-state index in [0.717, 1.165) is 19.5 Å². The molecule has 1 aliphatic rings. The van der Waals surface area contributed by atoms with Crippen molar-refractivity contribution in [3.63, 3.8) is 0 Å². The molecule has 1 unspecified atom stereocenters. The molecule has 0 aliphatic carbocycles. The van der Waals surface area contributed by atoms with Crippen LogP contribution in [-0.4, -0.2) is 25.7 Å². The van der Waals surface area contributed by atoms with Crippen LogP contribution in [0.2, 0.25) is 0 Å². The highest BCUT2D eigenvalue weighted by Crippen LogP contribution is 2.34. The highest BCUT2D eigenvalue weighted by atomic mass is 16.5. The zero-order valence-corrected chi connectivity index (χ0v) is 11.9. The Balaban J connectivity index is 1.92. The van der Waals surface area contributed by atoms with Crippen LogP contribution in [0.4, 0.5) is 5.69 Å². The van der Waals surface area contributed by atoms with Gasteiger partial charge in [0.25, 0.3) is 0 Å². The number of hydrogen-bond donors (Lipinski definition) is 0. The molecule has 0 bridgehead atoms. The summed E-state index contributed by atoms with van der Waals surface area (Å²) in [6, 6.07) is 8.61. The normalized spacial score (nSPS) is 18.0. The van der Waals surface area contributed by atoms with E-state index < -0.39 is 0 Å².